The molecule has 13 heteroatoms. The van der Waals surface area contributed by atoms with E-state index < -0.39 is 52.7 Å². The zero-order valence-corrected chi connectivity index (χ0v) is 27.4. The van der Waals surface area contributed by atoms with Crippen molar-refractivity contribution in [3.63, 3.8) is 0 Å². The first-order chi connectivity index (χ1) is 20.0. The molecule has 1 N–H and O–H groups in total. The highest BCUT2D eigenvalue weighted by Crippen LogP contribution is 2.45. The first-order valence-electron chi connectivity index (χ1n) is 13.8. The molecule has 0 aromatic rings. The van der Waals surface area contributed by atoms with Crippen LogP contribution in [-0.2, 0) is 52.4 Å². The van der Waals surface area contributed by atoms with Gasteiger partial charge < -0.3 is 33.5 Å². The number of thioether (sulfide) groups is 1. The van der Waals surface area contributed by atoms with Crippen LogP contribution in [0.2, 0.25) is 0 Å². The van der Waals surface area contributed by atoms with Gasteiger partial charge in [0.25, 0.3) is 0 Å². The van der Waals surface area contributed by atoms with E-state index in [4.69, 9.17) is 28.4 Å². The average molecular weight is 633 g/mol. The summed E-state index contributed by atoms with van der Waals surface area (Å²) in [6.07, 6.45) is -0.169. The third kappa shape index (κ3) is 14.9. The fourth-order valence-corrected chi connectivity index (χ4v) is 5.22. The molecule has 0 aliphatic heterocycles. The zero-order chi connectivity index (χ0) is 33.3. The standard InChI is InChI=1S/C30H48O12S/c1-21(2)23(32)38-14-15-41-25(34)28(5,6)18-29(7,26(35)40-11-10-31)19-30(8,27(36)42-13-12-37-9)20-43-17-16-39-24(33)22(3)4/h31H,1,3,10-20H2,2,4-9H3. The molecule has 0 rings (SSSR count). The Hall–Kier alpha value is -2.90. The average Bonchev–Trinajstić information content (AvgIpc) is 2.92. The molecule has 0 bridgehead atoms. The molecule has 0 aromatic heterocycles. The van der Waals surface area contributed by atoms with Crippen molar-refractivity contribution >= 4 is 41.6 Å². The molecule has 0 amide bonds. The van der Waals surface area contributed by atoms with Gasteiger partial charge in [-0.05, 0) is 54.4 Å². The van der Waals surface area contributed by atoms with Crippen LogP contribution in [0.15, 0.2) is 24.3 Å². The van der Waals surface area contributed by atoms with Gasteiger partial charge in [-0.2, -0.15) is 11.8 Å². The lowest BCUT2D eigenvalue weighted by Crippen LogP contribution is -2.45. The molecule has 0 radical (unpaired) electrons. The Morgan fingerprint density at radius 3 is 1.65 bits per heavy atom. The monoisotopic (exact) mass is 632 g/mol. The Bertz CT molecular complexity index is 992. The van der Waals surface area contributed by atoms with Crippen LogP contribution in [-0.4, -0.2) is 99.8 Å². The second-order valence-corrected chi connectivity index (χ2v) is 12.5. The number of esters is 5. The molecule has 0 fully saturated rings. The van der Waals surface area contributed by atoms with Crippen molar-refractivity contribution in [2.24, 2.45) is 16.2 Å². The molecule has 0 aliphatic carbocycles. The van der Waals surface area contributed by atoms with Crippen molar-refractivity contribution in [2.75, 3.05) is 64.9 Å². The molecular weight excluding hydrogens is 584 g/mol. The Morgan fingerprint density at radius 2 is 1.12 bits per heavy atom. The number of methoxy groups -OCH3 is 1. The van der Waals surface area contributed by atoms with Gasteiger partial charge in [0.1, 0.15) is 33.0 Å². The smallest absolute Gasteiger partial charge is 0.333 e. The van der Waals surface area contributed by atoms with Gasteiger partial charge in [-0.15, -0.1) is 0 Å². The maximum Gasteiger partial charge on any atom is 0.333 e. The molecule has 0 saturated heterocycles. The summed E-state index contributed by atoms with van der Waals surface area (Å²) < 4.78 is 31.1. The van der Waals surface area contributed by atoms with Crippen LogP contribution in [0.25, 0.3) is 0 Å². The Morgan fingerprint density at radius 1 is 0.651 bits per heavy atom. The zero-order valence-electron chi connectivity index (χ0n) is 26.5. The summed E-state index contributed by atoms with van der Waals surface area (Å²) in [5, 5.41) is 9.25. The molecule has 2 unspecified atom stereocenters. The first-order valence-corrected chi connectivity index (χ1v) is 15.0. The quantitative estimate of drug-likeness (QED) is 0.0803. The largest absolute Gasteiger partial charge is 0.463 e. The van der Waals surface area contributed by atoms with Crippen LogP contribution in [0, 0.1) is 16.2 Å². The summed E-state index contributed by atoms with van der Waals surface area (Å²) in [4.78, 5) is 63.1. The number of ether oxygens (including phenoxy) is 6. The van der Waals surface area contributed by atoms with Crippen molar-refractivity contribution in [1.82, 2.24) is 0 Å². The Balaban J connectivity index is 5.93. The lowest BCUT2D eigenvalue weighted by atomic mass is 9.66. The lowest BCUT2D eigenvalue weighted by Gasteiger charge is -2.39. The number of carbonyl (C=O) groups is 5. The highest BCUT2D eigenvalue weighted by molar-refractivity contribution is 7.99. The van der Waals surface area contributed by atoms with Crippen molar-refractivity contribution in [1.29, 1.82) is 0 Å². The number of carbonyl (C=O) groups excluding carboxylic acids is 5. The van der Waals surface area contributed by atoms with E-state index in [0.29, 0.717) is 5.75 Å². The van der Waals surface area contributed by atoms with Gasteiger partial charge in [0.05, 0.1) is 29.5 Å². The third-order valence-corrected chi connectivity index (χ3v) is 7.42. The van der Waals surface area contributed by atoms with Crippen LogP contribution in [0.1, 0.15) is 54.4 Å². The predicted octanol–water partition coefficient (Wildman–Crippen LogP) is 3.05. The van der Waals surface area contributed by atoms with Gasteiger partial charge in [-0.3, -0.25) is 14.4 Å². The van der Waals surface area contributed by atoms with E-state index in [-0.39, 0.29) is 69.4 Å². The number of rotatable bonds is 22. The van der Waals surface area contributed by atoms with Gasteiger partial charge in [-0.1, -0.05) is 13.2 Å². The van der Waals surface area contributed by atoms with Crippen LogP contribution >= 0.6 is 11.8 Å². The molecule has 43 heavy (non-hydrogen) atoms. The highest BCUT2D eigenvalue weighted by Gasteiger charge is 2.50. The SMILES string of the molecule is C=C(C)C(=O)OCCOC(=O)C(C)(C)CC(C)(CC(C)(CSCCOC(=O)C(=C)C)C(=O)OCCOC)C(=O)OCCO. The Labute approximate surface area is 258 Å². The van der Waals surface area contributed by atoms with E-state index in [2.05, 4.69) is 13.2 Å². The van der Waals surface area contributed by atoms with Crippen LogP contribution in [0.5, 0.6) is 0 Å². The molecule has 2 atom stereocenters. The van der Waals surface area contributed by atoms with Gasteiger partial charge in [-0.25, -0.2) is 9.59 Å². The molecule has 0 saturated carbocycles. The van der Waals surface area contributed by atoms with E-state index >= 15 is 0 Å². The van der Waals surface area contributed by atoms with Gasteiger partial charge in [0.2, 0.25) is 0 Å². The molecule has 0 spiro atoms. The summed E-state index contributed by atoms with van der Waals surface area (Å²) in [5.74, 6) is -2.54. The van der Waals surface area contributed by atoms with Crippen LogP contribution in [0.4, 0.5) is 0 Å². The van der Waals surface area contributed by atoms with E-state index in [1.165, 1.54) is 32.7 Å². The number of hydrogen-bond acceptors (Lipinski definition) is 13. The number of hydrogen-bond donors (Lipinski definition) is 1. The van der Waals surface area contributed by atoms with E-state index in [1.54, 1.807) is 27.7 Å². The normalized spacial score (nSPS) is 14.0. The lowest BCUT2D eigenvalue weighted by molar-refractivity contribution is -0.169. The second kappa shape index (κ2) is 19.4. The second-order valence-electron chi connectivity index (χ2n) is 11.4. The molecule has 12 nitrogen and oxygen atoms in total. The summed E-state index contributed by atoms with van der Waals surface area (Å²) in [5.41, 5.74) is -3.43. The van der Waals surface area contributed by atoms with E-state index in [9.17, 15) is 29.1 Å². The minimum atomic E-state index is -1.41. The molecule has 0 aliphatic rings. The van der Waals surface area contributed by atoms with Crippen molar-refractivity contribution in [3.8, 4) is 0 Å². The molecular formula is C30H48O12S. The summed E-state index contributed by atoms with van der Waals surface area (Å²) >= 11 is 1.32. The maximum absolute atomic E-state index is 13.4. The van der Waals surface area contributed by atoms with Crippen LogP contribution < -0.4 is 0 Å². The van der Waals surface area contributed by atoms with Crippen molar-refractivity contribution in [3.05, 3.63) is 24.3 Å². The molecule has 0 heterocycles. The van der Waals surface area contributed by atoms with Gasteiger partial charge in [0.15, 0.2) is 0 Å². The summed E-state index contributed by atoms with van der Waals surface area (Å²) in [7, 11) is 1.47. The topological polar surface area (TPSA) is 161 Å². The minimum Gasteiger partial charge on any atom is -0.463 e. The summed E-state index contributed by atoms with van der Waals surface area (Å²) in [6, 6.07) is 0. The maximum atomic E-state index is 13.4. The Kier molecular flexibility index (Phi) is 18.1. The fourth-order valence-electron chi connectivity index (χ4n) is 4.20. The first kappa shape index (κ1) is 40.1. The predicted molar refractivity (Wildman–Crippen MR) is 160 cm³/mol. The van der Waals surface area contributed by atoms with E-state index in [0.717, 1.165) is 0 Å². The van der Waals surface area contributed by atoms with Gasteiger partial charge >= 0.3 is 29.8 Å². The van der Waals surface area contributed by atoms with E-state index in [1.807, 2.05) is 0 Å². The van der Waals surface area contributed by atoms with Crippen molar-refractivity contribution < 1.29 is 57.5 Å². The van der Waals surface area contributed by atoms with Crippen LogP contribution in [0.3, 0.4) is 0 Å². The molecule has 0 aromatic carbocycles. The molecule has 246 valence electrons. The minimum absolute atomic E-state index is 0.00867. The summed E-state index contributed by atoms with van der Waals surface area (Å²) in [6.45, 7) is 15.6. The number of aliphatic hydroxyl groups excluding tert-OH is 1. The number of aliphatic hydroxyl groups is 1. The highest BCUT2D eigenvalue weighted by atomic mass is 32.2. The fraction of sp³-hybridized carbons (Fsp3) is 0.700. The van der Waals surface area contributed by atoms with Crippen molar-refractivity contribution in [2.45, 2.75) is 54.4 Å². The van der Waals surface area contributed by atoms with Gasteiger partial charge in [0, 0.05) is 29.8 Å². The third-order valence-electron chi connectivity index (χ3n) is 6.12.